The molecule has 0 unspecified atom stereocenters. The Morgan fingerprint density at radius 2 is 1.80 bits per heavy atom. The number of benzene rings is 2. The van der Waals surface area contributed by atoms with Crippen LogP contribution in [0.5, 0.6) is 17.2 Å². The highest BCUT2D eigenvalue weighted by Gasteiger charge is 2.26. The Morgan fingerprint density at radius 3 is 2.48 bits per heavy atom. The van der Waals surface area contributed by atoms with Crippen LogP contribution in [0.25, 0.3) is 0 Å². The first-order valence-corrected chi connectivity index (χ1v) is 8.93. The van der Waals surface area contributed by atoms with Gasteiger partial charge in [0.25, 0.3) is 0 Å². The van der Waals surface area contributed by atoms with E-state index in [0.717, 1.165) is 30.3 Å². The minimum absolute atomic E-state index is 0.462. The molecule has 134 valence electrons. The highest BCUT2D eigenvalue weighted by molar-refractivity contribution is 5.43. The second-order valence-corrected chi connectivity index (χ2v) is 6.32. The molecule has 0 bridgehead atoms. The molecule has 25 heavy (non-hydrogen) atoms. The Morgan fingerprint density at radius 1 is 1.00 bits per heavy atom. The monoisotopic (exact) mass is 341 g/mol. The summed E-state index contributed by atoms with van der Waals surface area (Å²) in [7, 11) is 3.40. The highest BCUT2D eigenvalue weighted by atomic mass is 16.5. The van der Waals surface area contributed by atoms with Crippen molar-refractivity contribution in [3.8, 4) is 17.2 Å². The normalized spacial score (nSPS) is 17.5. The van der Waals surface area contributed by atoms with Crippen LogP contribution in [0.2, 0.25) is 0 Å². The fourth-order valence-corrected chi connectivity index (χ4v) is 3.54. The van der Waals surface area contributed by atoms with Crippen molar-refractivity contribution in [2.24, 2.45) is 0 Å². The number of hydrogen-bond acceptors (Lipinski definition) is 4. The quantitative estimate of drug-likeness (QED) is 0.745. The second-order valence-electron chi connectivity index (χ2n) is 6.32. The first kappa shape index (κ1) is 17.6. The third-order valence-corrected chi connectivity index (χ3v) is 4.78. The van der Waals surface area contributed by atoms with Gasteiger partial charge in [-0.3, -0.25) is 4.90 Å². The zero-order chi connectivity index (χ0) is 17.6. The highest BCUT2D eigenvalue weighted by Crippen LogP contribution is 2.35. The lowest BCUT2D eigenvalue weighted by atomic mass is 10.0. The average Bonchev–Trinajstić information content (AvgIpc) is 3.11. The molecule has 0 spiro atoms. The standard InChI is InChI=1S/C21H27NO3/c1-4-25-20-12-7-16(14-21(20)24-3)15-22-13-5-6-19(22)17-8-10-18(23-2)11-9-17/h7-12,14,19H,4-6,13,15H2,1-3H3/t19-/m1/s1. The fourth-order valence-electron chi connectivity index (χ4n) is 3.54. The van der Waals surface area contributed by atoms with E-state index < -0.39 is 0 Å². The van der Waals surface area contributed by atoms with Gasteiger partial charge >= 0.3 is 0 Å². The molecule has 0 amide bonds. The molecule has 2 aromatic rings. The third kappa shape index (κ3) is 4.07. The largest absolute Gasteiger partial charge is 0.497 e. The molecular formula is C21H27NO3. The Bertz CT molecular complexity index is 684. The summed E-state index contributed by atoms with van der Waals surface area (Å²) in [6, 6.07) is 15.2. The Hall–Kier alpha value is -2.20. The first-order chi connectivity index (χ1) is 12.2. The first-order valence-electron chi connectivity index (χ1n) is 8.93. The Labute approximate surface area is 150 Å². The number of ether oxygens (including phenoxy) is 3. The molecule has 0 aliphatic carbocycles. The van der Waals surface area contributed by atoms with Gasteiger partial charge in [-0.05, 0) is 61.7 Å². The van der Waals surface area contributed by atoms with Crippen LogP contribution in [0.3, 0.4) is 0 Å². The molecule has 0 saturated carbocycles. The molecule has 3 rings (SSSR count). The van der Waals surface area contributed by atoms with Crippen LogP contribution >= 0.6 is 0 Å². The molecule has 0 aromatic heterocycles. The molecule has 1 aliphatic heterocycles. The zero-order valence-electron chi connectivity index (χ0n) is 15.3. The van der Waals surface area contributed by atoms with Gasteiger partial charge in [-0.15, -0.1) is 0 Å². The maximum Gasteiger partial charge on any atom is 0.161 e. The summed E-state index contributed by atoms with van der Waals surface area (Å²) in [6.45, 7) is 4.66. The van der Waals surface area contributed by atoms with Gasteiger partial charge in [0.2, 0.25) is 0 Å². The van der Waals surface area contributed by atoms with Crippen molar-refractivity contribution in [2.45, 2.75) is 32.4 Å². The number of likely N-dealkylation sites (tertiary alicyclic amines) is 1. The minimum Gasteiger partial charge on any atom is -0.497 e. The predicted octanol–water partition coefficient (Wildman–Crippen LogP) is 4.44. The maximum absolute atomic E-state index is 5.61. The molecule has 2 aromatic carbocycles. The van der Waals surface area contributed by atoms with E-state index in [1.807, 2.05) is 25.1 Å². The van der Waals surface area contributed by atoms with Crippen LogP contribution in [0, 0.1) is 0 Å². The molecule has 4 nitrogen and oxygen atoms in total. The molecule has 1 atom stereocenters. The van der Waals surface area contributed by atoms with Gasteiger partial charge in [0.05, 0.1) is 20.8 Å². The third-order valence-electron chi connectivity index (χ3n) is 4.78. The van der Waals surface area contributed by atoms with Crippen molar-refractivity contribution in [1.29, 1.82) is 0 Å². The Balaban J connectivity index is 1.74. The summed E-state index contributed by atoms with van der Waals surface area (Å²) in [5.41, 5.74) is 2.61. The van der Waals surface area contributed by atoms with Crippen LogP contribution in [0.15, 0.2) is 42.5 Å². The van der Waals surface area contributed by atoms with Gasteiger partial charge in [-0.25, -0.2) is 0 Å². The van der Waals surface area contributed by atoms with E-state index in [9.17, 15) is 0 Å². The number of hydrogen-bond donors (Lipinski definition) is 0. The Kier molecular flexibility index (Phi) is 5.82. The van der Waals surface area contributed by atoms with Crippen molar-refractivity contribution < 1.29 is 14.2 Å². The minimum atomic E-state index is 0.462. The van der Waals surface area contributed by atoms with Crippen molar-refractivity contribution in [3.05, 3.63) is 53.6 Å². The topological polar surface area (TPSA) is 30.9 Å². The fraction of sp³-hybridized carbons (Fsp3) is 0.429. The van der Waals surface area contributed by atoms with E-state index >= 15 is 0 Å². The number of rotatable bonds is 7. The molecular weight excluding hydrogens is 314 g/mol. The van der Waals surface area contributed by atoms with Gasteiger partial charge < -0.3 is 14.2 Å². The molecule has 4 heteroatoms. The van der Waals surface area contributed by atoms with Crippen LogP contribution in [0.4, 0.5) is 0 Å². The molecule has 1 saturated heterocycles. The molecule has 1 fully saturated rings. The molecule has 1 heterocycles. The number of nitrogens with zero attached hydrogens (tertiary/aromatic N) is 1. The molecule has 1 aliphatic rings. The van der Waals surface area contributed by atoms with E-state index in [2.05, 4.69) is 29.2 Å². The second kappa shape index (κ2) is 8.26. The van der Waals surface area contributed by atoms with E-state index in [-0.39, 0.29) is 0 Å². The average molecular weight is 341 g/mol. The lowest BCUT2D eigenvalue weighted by Crippen LogP contribution is -2.22. The van der Waals surface area contributed by atoms with Gasteiger partial charge in [0.1, 0.15) is 5.75 Å². The van der Waals surface area contributed by atoms with E-state index in [1.165, 1.54) is 24.0 Å². The predicted molar refractivity (Wildman–Crippen MR) is 99.5 cm³/mol. The van der Waals surface area contributed by atoms with Crippen molar-refractivity contribution in [2.75, 3.05) is 27.4 Å². The molecule has 0 N–H and O–H groups in total. The summed E-state index contributed by atoms with van der Waals surface area (Å²) in [6.07, 6.45) is 2.42. The van der Waals surface area contributed by atoms with Gasteiger partial charge in [0, 0.05) is 12.6 Å². The van der Waals surface area contributed by atoms with Crippen molar-refractivity contribution in [3.63, 3.8) is 0 Å². The smallest absolute Gasteiger partial charge is 0.161 e. The van der Waals surface area contributed by atoms with Crippen LogP contribution in [-0.4, -0.2) is 32.3 Å². The maximum atomic E-state index is 5.61. The lowest BCUT2D eigenvalue weighted by molar-refractivity contribution is 0.247. The van der Waals surface area contributed by atoms with Crippen LogP contribution in [-0.2, 0) is 6.54 Å². The summed E-state index contributed by atoms with van der Waals surface area (Å²) in [5.74, 6) is 2.52. The summed E-state index contributed by atoms with van der Waals surface area (Å²) < 4.78 is 16.4. The van der Waals surface area contributed by atoms with Gasteiger partial charge in [-0.1, -0.05) is 18.2 Å². The van der Waals surface area contributed by atoms with Crippen LogP contribution in [0.1, 0.15) is 36.9 Å². The molecule has 0 radical (unpaired) electrons. The van der Waals surface area contributed by atoms with Crippen LogP contribution < -0.4 is 14.2 Å². The SMILES string of the molecule is CCOc1ccc(CN2CCC[C@@H]2c2ccc(OC)cc2)cc1OC. The van der Waals surface area contributed by atoms with Crippen molar-refractivity contribution >= 4 is 0 Å². The summed E-state index contributed by atoms with van der Waals surface area (Å²) in [5, 5.41) is 0. The van der Waals surface area contributed by atoms with Crippen molar-refractivity contribution in [1.82, 2.24) is 4.90 Å². The number of methoxy groups -OCH3 is 2. The van der Waals surface area contributed by atoms with E-state index in [1.54, 1.807) is 14.2 Å². The summed E-state index contributed by atoms with van der Waals surface area (Å²) in [4.78, 5) is 2.54. The van der Waals surface area contributed by atoms with E-state index in [0.29, 0.717) is 12.6 Å². The summed E-state index contributed by atoms with van der Waals surface area (Å²) >= 11 is 0. The lowest BCUT2D eigenvalue weighted by Gasteiger charge is -2.25. The zero-order valence-corrected chi connectivity index (χ0v) is 15.3. The van der Waals surface area contributed by atoms with E-state index in [4.69, 9.17) is 14.2 Å². The van der Waals surface area contributed by atoms with Gasteiger partial charge in [0.15, 0.2) is 11.5 Å². The van der Waals surface area contributed by atoms with Gasteiger partial charge in [-0.2, -0.15) is 0 Å².